The number of hydrogen-bond acceptors (Lipinski definition) is 6. The minimum Gasteiger partial charge on any atom is -0.464 e. The molecule has 2 heterocycles. The van der Waals surface area contributed by atoms with Crippen LogP contribution in [0.25, 0.3) is 20.8 Å². The van der Waals surface area contributed by atoms with Crippen molar-refractivity contribution in [3.8, 4) is 0 Å². The number of carbonyl (C=O) groups is 2. The van der Waals surface area contributed by atoms with Crippen LogP contribution in [-0.2, 0) is 14.3 Å². The van der Waals surface area contributed by atoms with Crippen LogP contribution in [0.15, 0.2) is 59.2 Å². The monoisotopic (exact) mass is 445 g/mol. The van der Waals surface area contributed by atoms with Gasteiger partial charge in [-0.3, -0.25) is 9.59 Å². The second-order valence-corrected chi connectivity index (χ2v) is 8.01. The number of rotatable bonds is 5. The number of likely N-dealkylation sites (N-methyl/N-ethyl adjacent to an activating group) is 1. The standard InChI is InChI=1S/C23H19N5O3S/c1-14(29)31-13-12-28(3)22(30)20(24-2)19-15-8-4-5-9-16(15)21(26-19)27-23-25-17-10-6-7-11-18(17)32-23/h4-11H,12-13H2,1,3H3,(H,25,26,27)/b20-19+. The number of aromatic nitrogens is 1. The molecular weight excluding hydrogens is 426 g/mol. The predicted molar refractivity (Wildman–Crippen MR) is 123 cm³/mol. The van der Waals surface area contributed by atoms with Crippen molar-refractivity contribution in [3.63, 3.8) is 0 Å². The molecule has 1 amide bonds. The Morgan fingerprint density at radius 1 is 1.19 bits per heavy atom. The van der Waals surface area contributed by atoms with Crippen LogP contribution in [0, 0.1) is 6.57 Å². The molecule has 1 aliphatic heterocycles. The fourth-order valence-electron chi connectivity index (χ4n) is 3.26. The quantitative estimate of drug-likeness (QED) is 0.368. The van der Waals surface area contributed by atoms with Crippen molar-refractivity contribution in [2.45, 2.75) is 6.92 Å². The second-order valence-electron chi connectivity index (χ2n) is 7.00. The van der Waals surface area contributed by atoms with E-state index in [0.717, 1.165) is 21.3 Å². The highest BCUT2D eigenvalue weighted by Crippen LogP contribution is 2.32. The number of fused-ring (bicyclic) bond motifs is 2. The summed E-state index contributed by atoms with van der Waals surface area (Å²) in [6.45, 7) is 9.19. The number of amides is 1. The van der Waals surface area contributed by atoms with Gasteiger partial charge in [0.1, 0.15) is 12.4 Å². The van der Waals surface area contributed by atoms with E-state index in [0.29, 0.717) is 16.7 Å². The zero-order valence-electron chi connectivity index (χ0n) is 17.5. The summed E-state index contributed by atoms with van der Waals surface area (Å²) in [6, 6.07) is 15.2. The van der Waals surface area contributed by atoms with Gasteiger partial charge in [0.2, 0.25) is 5.13 Å². The Labute approximate surface area is 188 Å². The number of amidine groups is 1. The minimum atomic E-state index is -0.467. The maximum absolute atomic E-state index is 13.0. The molecule has 0 fully saturated rings. The van der Waals surface area contributed by atoms with Crippen molar-refractivity contribution in [3.05, 3.63) is 76.8 Å². The lowest BCUT2D eigenvalue weighted by Crippen LogP contribution is -2.32. The number of nitrogens with zero attached hydrogens (tertiary/aromatic N) is 4. The van der Waals surface area contributed by atoms with Crippen molar-refractivity contribution in [1.82, 2.24) is 15.2 Å². The molecule has 8 nitrogen and oxygen atoms in total. The van der Waals surface area contributed by atoms with E-state index in [1.807, 2.05) is 48.5 Å². The smallest absolute Gasteiger partial charge is 0.302 e. The Balaban J connectivity index is 1.68. The number of carbonyl (C=O) groups excluding carboxylic acids is 2. The molecule has 0 radical (unpaired) electrons. The molecule has 0 bridgehead atoms. The summed E-state index contributed by atoms with van der Waals surface area (Å²) in [6.07, 6.45) is 0. The number of para-hydroxylation sites is 1. The van der Waals surface area contributed by atoms with E-state index in [4.69, 9.17) is 11.3 Å². The SMILES string of the molecule is [C-]#[N+]/C(C(=O)N(C)CCOC(C)=O)=C1/NC(=Nc2nc3ccccc3s2)c2ccccc21. The average molecular weight is 446 g/mol. The molecule has 1 aromatic heterocycles. The largest absolute Gasteiger partial charge is 0.464 e. The number of hydrogen-bond donors (Lipinski definition) is 1. The van der Waals surface area contributed by atoms with Crippen LogP contribution in [0.4, 0.5) is 5.13 Å². The van der Waals surface area contributed by atoms with Gasteiger partial charge in [-0.15, -0.1) is 0 Å². The van der Waals surface area contributed by atoms with Gasteiger partial charge < -0.3 is 15.0 Å². The van der Waals surface area contributed by atoms with Crippen LogP contribution >= 0.6 is 11.3 Å². The van der Waals surface area contributed by atoms with E-state index in [1.54, 1.807) is 7.05 Å². The lowest BCUT2D eigenvalue weighted by atomic mass is 10.1. The normalized spacial score (nSPS) is 15.1. The Bertz CT molecular complexity index is 1290. The zero-order chi connectivity index (χ0) is 22.7. The number of benzene rings is 2. The summed E-state index contributed by atoms with van der Waals surface area (Å²) >= 11 is 1.47. The molecule has 160 valence electrons. The first-order valence-corrected chi connectivity index (χ1v) is 10.6. The van der Waals surface area contributed by atoms with E-state index in [2.05, 4.69) is 20.1 Å². The lowest BCUT2D eigenvalue weighted by molar-refractivity contribution is -0.142. The third kappa shape index (κ3) is 4.22. The Morgan fingerprint density at radius 3 is 2.62 bits per heavy atom. The summed E-state index contributed by atoms with van der Waals surface area (Å²) in [5, 5.41) is 3.74. The molecule has 4 rings (SSSR count). The van der Waals surface area contributed by atoms with Gasteiger partial charge in [0, 0.05) is 19.5 Å². The topological polar surface area (TPSA) is 88.3 Å². The van der Waals surface area contributed by atoms with Crippen molar-refractivity contribution >= 4 is 50.1 Å². The summed E-state index contributed by atoms with van der Waals surface area (Å²) < 4.78 is 5.93. The van der Waals surface area contributed by atoms with Crippen LogP contribution in [0.1, 0.15) is 18.1 Å². The first-order chi connectivity index (χ1) is 15.5. The van der Waals surface area contributed by atoms with Gasteiger partial charge in [0.05, 0.1) is 29.0 Å². The van der Waals surface area contributed by atoms with Crippen molar-refractivity contribution < 1.29 is 14.3 Å². The number of nitrogens with one attached hydrogen (secondary N) is 1. The first kappa shape index (κ1) is 21.2. The third-order valence-electron chi connectivity index (χ3n) is 4.81. The van der Waals surface area contributed by atoms with Gasteiger partial charge in [0.15, 0.2) is 0 Å². The zero-order valence-corrected chi connectivity index (χ0v) is 18.3. The van der Waals surface area contributed by atoms with Gasteiger partial charge in [-0.2, -0.15) is 0 Å². The molecule has 32 heavy (non-hydrogen) atoms. The molecular formula is C23H19N5O3S. The number of ether oxygens (including phenoxy) is 1. The highest BCUT2D eigenvalue weighted by atomic mass is 32.1. The second kappa shape index (κ2) is 8.99. The molecule has 0 saturated carbocycles. The predicted octanol–water partition coefficient (Wildman–Crippen LogP) is 3.59. The number of esters is 1. The molecule has 0 saturated heterocycles. The number of aliphatic imine (C=N–C) groups is 1. The van der Waals surface area contributed by atoms with Gasteiger partial charge in [0.25, 0.3) is 11.6 Å². The Kier molecular flexibility index (Phi) is 5.96. The van der Waals surface area contributed by atoms with E-state index in [-0.39, 0.29) is 18.8 Å². The highest BCUT2D eigenvalue weighted by molar-refractivity contribution is 7.22. The van der Waals surface area contributed by atoms with Crippen molar-refractivity contribution in [2.75, 3.05) is 20.2 Å². The molecule has 0 unspecified atom stereocenters. The van der Waals surface area contributed by atoms with Crippen molar-refractivity contribution in [2.24, 2.45) is 4.99 Å². The van der Waals surface area contributed by atoms with Crippen LogP contribution in [0.5, 0.6) is 0 Å². The molecule has 3 aromatic rings. The summed E-state index contributed by atoms with van der Waals surface area (Å²) in [5.41, 5.74) is 2.72. The fraction of sp³-hybridized carbons (Fsp3) is 0.174. The molecule has 0 spiro atoms. The van der Waals surface area contributed by atoms with Gasteiger partial charge in [-0.05, 0) is 17.7 Å². The van der Waals surface area contributed by atoms with Crippen LogP contribution in [0.2, 0.25) is 0 Å². The molecule has 9 heteroatoms. The Hall–Kier alpha value is -4.03. The maximum atomic E-state index is 13.0. The van der Waals surface area contributed by atoms with E-state index >= 15 is 0 Å². The van der Waals surface area contributed by atoms with Crippen molar-refractivity contribution in [1.29, 1.82) is 0 Å². The van der Waals surface area contributed by atoms with Gasteiger partial charge in [-0.1, -0.05) is 47.7 Å². The van der Waals surface area contributed by atoms with Gasteiger partial charge in [-0.25, -0.2) is 14.8 Å². The molecule has 1 N–H and O–H groups in total. The maximum Gasteiger partial charge on any atom is 0.302 e. The molecule has 1 aliphatic rings. The third-order valence-corrected chi connectivity index (χ3v) is 5.75. The summed E-state index contributed by atoms with van der Waals surface area (Å²) in [7, 11) is 1.56. The van der Waals surface area contributed by atoms with E-state index in [9.17, 15) is 9.59 Å². The van der Waals surface area contributed by atoms with Crippen LogP contribution in [-0.4, -0.2) is 47.8 Å². The van der Waals surface area contributed by atoms with E-state index in [1.165, 1.54) is 23.2 Å². The van der Waals surface area contributed by atoms with Gasteiger partial charge >= 0.3 is 5.97 Å². The first-order valence-electron chi connectivity index (χ1n) is 9.79. The summed E-state index contributed by atoms with van der Waals surface area (Å²) in [4.78, 5) is 38.0. The molecule has 2 aromatic carbocycles. The number of thiazole rings is 1. The molecule has 0 aliphatic carbocycles. The van der Waals surface area contributed by atoms with Crippen LogP contribution in [0.3, 0.4) is 0 Å². The minimum absolute atomic E-state index is 0.0581. The Morgan fingerprint density at radius 2 is 1.91 bits per heavy atom. The molecule has 0 atom stereocenters. The fourth-order valence-corrected chi connectivity index (χ4v) is 4.10. The average Bonchev–Trinajstić information content (AvgIpc) is 3.35. The van der Waals surface area contributed by atoms with E-state index < -0.39 is 11.9 Å². The highest BCUT2D eigenvalue weighted by Gasteiger charge is 2.29. The summed E-state index contributed by atoms with van der Waals surface area (Å²) in [5.74, 6) is -0.353. The lowest BCUT2D eigenvalue weighted by Gasteiger charge is -2.17. The van der Waals surface area contributed by atoms with Crippen LogP contribution < -0.4 is 5.32 Å².